The minimum absolute atomic E-state index is 0.143. The molecule has 1 amide bonds. The third-order valence-electron chi connectivity index (χ3n) is 3.84. The number of hydrogen-bond donors (Lipinski definition) is 0. The topological polar surface area (TPSA) is 57.2 Å². The summed E-state index contributed by atoms with van der Waals surface area (Å²) in [7, 11) is 7.93. The third-order valence-corrected chi connectivity index (χ3v) is 3.84. The Balaban J connectivity index is 2.23. The Morgan fingerprint density at radius 1 is 0.880 bits per heavy atom. The van der Waals surface area contributed by atoms with Gasteiger partial charge in [-0.15, -0.1) is 0 Å². The van der Waals surface area contributed by atoms with Crippen molar-refractivity contribution >= 4 is 5.91 Å². The second-order valence-electron chi connectivity index (χ2n) is 5.42. The van der Waals surface area contributed by atoms with Gasteiger partial charge in [0.05, 0.1) is 28.4 Å². The van der Waals surface area contributed by atoms with Gasteiger partial charge in [-0.1, -0.05) is 12.1 Å². The van der Waals surface area contributed by atoms with Crippen molar-refractivity contribution in [2.75, 3.05) is 35.5 Å². The number of hydrogen-bond acceptors (Lipinski definition) is 5. The molecule has 6 heteroatoms. The predicted octanol–water partition coefficient (Wildman–Crippen LogP) is 2.99. The third kappa shape index (κ3) is 4.15. The molecule has 6 nitrogen and oxygen atoms in total. The summed E-state index contributed by atoms with van der Waals surface area (Å²) in [4.78, 5) is 14.4. The van der Waals surface area contributed by atoms with Crippen LogP contribution in [0.15, 0.2) is 36.4 Å². The van der Waals surface area contributed by atoms with Gasteiger partial charge in [0.15, 0.2) is 11.5 Å². The van der Waals surface area contributed by atoms with Gasteiger partial charge in [0.2, 0.25) is 5.75 Å². The first kappa shape index (κ1) is 18.4. The van der Waals surface area contributed by atoms with Crippen LogP contribution in [0, 0.1) is 0 Å². The summed E-state index contributed by atoms with van der Waals surface area (Å²) >= 11 is 0. The van der Waals surface area contributed by atoms with E-state index in [0.717, 1.165) is 11.3 Å². The number of carbonyl (C=O) groups is 1. The van der Waals surface area contributed by atoms with Crippen molar-refractivity contribution in [2.45, 2.75) is 6.54 Å². The van der Waals surface area contributed by atoms with Crippen LogP contribution in [0.2, 0.25) is 0 Å². The molecule has 0 spiro atoms. The monoisotopic (exact) mass is 345 g/mol. The molecule has 0 aliphatic rings. The lowest BCUT2D eigenvalue weighted by molar-refractivity contribution is 0.0784. The first-order valence-corrected chi connectivity index (χ1v) is 7.72. The molecular weight excluding hydrogens is 322 g/mol. The van der Waals surface area contributed by atoms with E-state index in [1.807, 2.05) is 24.3 Å². The molecule has 0 saturated heterocycles. The van der Waals surface area contributed by atoms with E-state index in [-0.39, 0.29) is 5.91 Å². The Morgan fingerprint density at radius 3 is 1.88 bits per heavy atom. The van der Waals surface area contributed by atoms with Crippen LogP contribution in [-0.4, -0.2) is 46.3 Å². The maximum Gasteiger partial charge on any atom is 0.254 e. The number of amides is 1. The van der Waals surface area contributed by atoms with Crippen LogP contribution in [0.3, 0.4) is 0 Å². The number of rotatable bonds is 7. The minimum atomic E-state index is -0.143. The Labute approximate surface area is 147 Å². The van der Waals surface area contributed by atoms with E-state index in [1.165, 1.54) is 21.3 Å². The summed E-state index contributed by atoms with van der Waals surface area (Å²) < 4.78 is 21.0. The van der Waals surface area contributed by atoms with Crippen LogP contribution in [0.5, 0.6) is 23.0 Å². The summed E-state index contributed by atoms with van der Waals surface area (Å²) in [6.07, 6.45) is 0. The van der Waals surface area contributed by atoms with Crippen molar-refractivity contribution in [1.29, 1.82) is 0 Å². The molecule has 2 aromatic carbocycles. The van der Waals surface area contributed by atoms with Gasteiger partial charge in [0, 0.05) is 19.2 Å². The fourth-order valence-corrected chi connectivity index (χ4v) is 2.50. The van der Waals surface area contributed by atoms with Crippen molar-refractivity contribution in [3.8, 4) is 23.0 Å². The van der Waals surface area contributed by atoms with E-state index in [0.29, 0.717) is 29.4 Å². The summed E-state index contributed by atoms with van der Waals surface area (Å²) in [5.74, 6) is 1.99. The molecule has 0 atom stereocenters. The van der Waals surface area contributed by atoms with Gasteiger partial charge in [0.25, 0.3) is 5.91 Å². The smallest absolute Gasteiger partial charge is 0.254 e. The molecule has 0 saturated carbocycles. The molecule has 25 heavy (non-hydrogen) atoms. The molecule has 0 heterocycles. The molecule has 0 bridgehead atoms. The van der Waals surface area contributed by atoms with E-state index in [2.05, 4.69) is 0 Å². The summed E-state index contributed by atoms with van der Waals surface area (Å²) in [5, 5.41) is 0. The largest absolute Gasteiger partial charge is 0.497 e. The molecule has 134 valence electrons. The first-order valence-electron chi connectivity index (χ1n) is 7.72. The molecule has 0 N–H and O–H groups in total. The maximum absolute atomic E-state index is 12.8. The molecule has 0 radical (unpaired) electrons. The van der Waals surface area contributed by atoms with E-state index < -0.39 is 0 Å². The highest BCUT2D eigenvalue weighted by molar-refractivity contribution is 5.95. The fourth-order valence-electron chi connectivity index (χ4n) is 2.50. The number of ether oxygens (including phenoxy) is 4. The number of methoxy groups -OCH3 is 4. The lowest BCUT2D eigenvalue weighted by atomic mass is 10.1. The second kappa shape index (κ2) is 8.28. The highest BCUT2D eigenvalue weighted by atomic mass is 16.5. The van der Waals surface area contributed by atoms with Crippen LogP contribution in [0.25, 0.3) is 0 Å². The van der Waals surface area contributed by atoms with Crippen molar-refractivity contribution in [2.24, 2.45) is 0 Å². The Hall–Kier alpha value is -2.89. The zero-order valence-electron chi connectivity index (χ0n) is 15.2. The van der Waals surface area contributed by atoms with Gasteiger partial charge in [-0.05, 0) is 29.8 Å². The van der Waals surface area contributed by atoms with E-state index in [4.69, 9.17) is 18.9 Å². The minimum Gasteiger partial charge on any atom is -0.497 e. The van der Waals surface area contributed by atoms with Gasteiger partial charge in [-0.3, -0.25) is 4.79 Å². The van der Waals surface area contributed by atoms with Crippen LogP contribution < -0.4 is 18.9 Å². The second-order valence-corrected chi connectivity index (χ2v) is 5.42. The zero-order valence-corrected chi connectivity index (χ0v) is 15.2. The Kier molecular flexibility index (Phi) is 6.11. The van der Waals surface area contributed by atoms with E-state index >= 15 is 0 Å². The van der Waals surface area contributed by atoms with Crippen molar-refractivity contribution in [3.05, 3.63) is 47.5 Å². The normalized spacial score (nSPS) is 10.1. The standard InChI is InChI=1S/C19H23NO5/c1-20(12-13-6-8-15(22-2)9-7-13)19(21)14-10-16(23-3)18(25-5)17(11-14)24-4/h6-11H,12H2,1-5H3. The molecule has 0 fully saturated rings. The van der Waals surface area contributed by atoms with Gasteiger partial charge in [0.1, 0.15) is 5.75 Å². The molecule has 2 rings (SSSR count). The molecule has 0 aliphatic carbocycles. The number of benzene rings is 2. The van der Waals surface area contributed by atoms with Crippen molar-refractivity contribution < 1.29 is 23.7 Å². The van der Waals surface area contributed by atoms with Crippen LogP contribution in [0.4, 0.5) is 0 Å². The van der Waals surface area contributed by atoms with E-state index in [1.54, 1.807) is 31.2 Å². The lowest BCUT2D eigenvalue weighted by Crippen LogP contribution is -2.26. The molecule has 0 aliphatic heterocycles. The maximum atomic E-state index is 12.8. The van der Waals surface area contributed by atoms with Crippen LogP contribution >= 0.6 is 0 Å². The van der Waals surface area contributed by atoms with Crippen molar-refractivity contribution in [1.82, 2.24) is 4.90 Å². The molecule has 0 unspecified atom stereocenters. The van der Waals surface area contributed by atoms with E-state index in [9.17, 15) is 4.79 Å². The quantitative estimate of drug-likeness (QED) is 0.772. The van der Waals surface area contributed by atoms with Crippen molar-refractivity contribution in [3.63, 3.8) is 0 Å². The Morgan fingerprint density at radius 2 is 1.44 bits per heavy atom. The highest BCUT2D eigenvalue weighted by Crippen LogP contribution is 2.38. The lowest BCUT2D eigenvalue weighted by Gasteiger charge is -2.19. The number of nitrogens with zero attached hydrogens (tertiary/aromatic N) is 1. The SMILES string of the molecule is COc1ccc(CN(C)C(=O)c2cc(OC)c(OC)c(OC)c2)cc1. The molecule has 0 aromatic heterocycles. The average Bonchev–Trinajstić information content (AvgIpc) is 2.66. The zero-order chi connectivity index (χ0) is 18.4. The predicted molar refractivity (Wildman–Crippen MR) is 94.9 cm³/mol. The average molecular weight is 345 g/mol. The van der Waals surface area contributed by atoms with Gasteiger partial charge >= 0.3 is 0 Å². The summed E-state index contributed by atoms with van der Waals surface area (Å²) in [6, 6.07) is 10.9. The fraction of sp³-hybridized carbons (Fsp3) is 0.316. The summed E-state index contributed by atoms with van der Waals surface area (Å²) in [5.41, 5.74) is 1.47. The first-order chi connectivity index (χ1) is 12.0. The van der Waals surface area contributed by atoms with Crippen LogP contribution in [-0.2, 0) is 6.54 Å². The molecule has 2 aromatic rings. The van der Waals surface area contributed by atoms with Gasteiger partial charge in [-0.2, -0.15) is 0 Å². The highest BCUT2D eigenvalue weighted by Gasteiger charge is 2.19. The van der Waals surface area contributed by atoms with Gasteiger partial charge in [-0.25, -0.2) is 0 Å². The number of carbonyl (C=O) groups excluding carboxylic acids is 1. The summed E-state index contributed by atoms with van der Waals surface area (Å²) in [6.45, 7) is 0.472. The molecular formula is C19H23NO5. The Bertz CT molecular complexity index is 702. The van der Waals surface area contributed by atoms with Gasteiger partial charge < -0.3 is 23.8 Å². The van der Waals surface area contributed by atoms with Crippen LogP contribution in [0.1, 0.15) is 15.9 Å².